The number of furan rings is 1. The molecule has 1 heterocycles. The van der Waals surface area contributed by atoms with Crippen molar-refractivity contribution in [2.24, 2.45) is 5.73 Å². The Kier molecular flexibility index (Phi) is 5.28. The van der Waals surface area contributed by atoms with E-state index < -0.39 is 5.91 Å². The number of carbonyl (C=O) groups excluding carboxylic acids is 1. The number of rotatable bonds is 6. The van der Waals surface area contributed by atoms with Crippen molar-refractivity contribution >= 4 is 28.4 Å². The molecule has 0 radical (unpaired) electrons. The van der Waals surface area contributed by atoms with Gasteiger partial charge in [-0.25, -0.2) is 0 Å². The zero-order valence-electron chi connectivity index (χ0n) is 15.4. The lowest BCUT2D eigenvalue weighted by molar-refractivity contribution is -0.114. The molecule has 0 fully saturated rings. The second-order valence-electron chi connectivity index (χ2n) is 6.15. The second-order valence-corrected chi connectivity index (χ2v) is 6.15. The molecule has 3 rings (SSSR count). The van der Waals surface area contributed by atoms with Gasteiger partial charge < -0.3 is 15.1 Å². The molecular weight excluding hydrogens is 338 g/mol. The summed E-state index contributed by atoms with van der Waals surface area (Å²) in [4.78, 5) is 13.5. The molecule has 5 nitrogen and oxygen atoms in total. The topological polar surface area (TPSA) is 83.3 Å². The highest BCUT2D eigenvalue weighted by atomic mass is 16.3. The van der Waals surface area contributed by atoms with Crippen LogP contribution in [-0.4, -0.2) is 19.0 Å². The summed E-state index contributed by atoms with van der Waals surface area (Å²) in [5.74, 6) is 0.306. The zero-order valence-corrected chi connectivity index (χ0v) is 15.4. The summed E-state index contributed by atoms with van der Waals surface area (Å²) in [6.07, 6.45) is 1.35. The van der Waals surface area contributed by atoms with E-state index in [1.165, 1.54) is 11.8 Å². The normalized spacial score (nSPS) is 11.4. The molecule has 0 aliphatic heterocycles. The van der Waals surface area contributed by atoms with Crippen LogP contribution in [-0.2, 0) is 4.79 Å². The van der Waals surface area contributed by atoms with Crippen LogP contribution in [0.1, 0.15) is 19.6 Å². The van der Waals surface area contributed by atoms with Crippen LogP contribution in [0, 0.1) is 11.3 Å². The maximum absolute atomic E-state index is 11.2. The van der Waals surface area contributed by atoms with E-state index in [9.17, 15) is 4.79 Å². The molecule has 136 valence electrons. The predicted octanol–water partition coefficient (Wildman–Crippen LogP) is 4.34. The van der Waals surface area contributed by atoms with Gasteiger partial charge in [-0.3, -0.25) is 4.79 Å². The number of hydrogen-bond acceptors (Lipinski definition) is 4. The number of fused-ring (bicyclic) bond motifs is 1. The van der Waals surface area contributed by atoms with E-state index in [0.717, 1.165) is 29.4 Å². The first-order valence-corrected chi connectivity index (χ1v) is 8.86. The Bertz CT molecular complexity index is 1050. The van der Waals surface area contributed by atoms with Crippen molar-refractivity contribution < 1.29 is 9.21 Å². The summed E-state index contributed by atoms with van der Waals surface area (Å²) in [7, 11) is 0. The van der Waals surface area contributed by atoms with Crippen molar-refractivity contribution in [1.29, 1.82) is 5.26 Å². The molecule has 0 unspecified atom stereocenters. The number of amides is 1. The third kappa shape index (κ3) is 3.85. The first-order chi connectivity index (χ1) is 13.0. The molecular formula is C22H21N3O2. The van der Waals surface area contributed by atoms with Crippen LogP contribution in [0.2, 0.25) is 0 Å². The van der Waals surface area contributed by atoms with Gasteiger partial charge in [0.15, 0.2) is 0 Å². The Morgan fingerprint density at radius 1 is 1.11 bits per heavy atom. The maximum Gasteiger partial charge on any atom is 0.259 e. The Balaban J connectivity index is 1.93. The number of anilines is 1. The van der Waals surface area contributed by atoms with Crippen LogP contribution in [0.5, 0.6) is 0 Å². The van der Waals surface area contributed by atoms with Gasteiger partial charge in [0.2, 0.25) is 0 Å². The molecule has 0 atom stereocenters. The Morgan fingerprint density at radius 2 is 1.81 bits per heavy atom. The average molecular weight is 359 g/mol. The smallest absolute Gasteiger partial charge is 0.259 e. The van der Waals surface area contributed by atoms with Crippen molar-refractivity contribution in [3.05, 3.63) is 59.9 Å². The lowest BCUT2D eigenvalue weighted by Crippen LogP contribution is -2.21. The van der Waals surface area contributed by atoms with E-state index in [2.05, 4.69) is 49.1 Å². The van der Waals surface area contributed by atoms with Crippen LogP contribution in [0.3, 0.4) is 0 Å². The minimum absolute atomic E-state index is 0.140. The van der Waals surface area contributed by atoms with Crippen LogP contribution in [0.25, 0.3) is 28.2 Å². The molecule has 0 bridgehead atoms. The molecule has 27 heavy (non-hydrogen) atoms. The number of nitrogens with two attached hydrogens (primary N) is 1. The first-order valence-electron chi connectivity index (χ1n) is 8.86. The molecule has 0 saturated carbocycles. The predicted molar refractivity (Wildman–Crippen MR) is 108 cm³/mol. The molecule has 2 N–H and O–H groups in total. The summed E-state index contributed by atoms with van der Waals surface area (Å²) in [6, 6.07) is 17.8. The molecule has 0 spiro atoms. The van der Waals surface area contributed by atoms with E-state index >= 15 is 0 Å². The molecule has 1 aromatic heterocycles. The highest BCUT2D eigenvalue weighted by Crippen LogP contribution is 2.29. The van der Waals surface area contributed by atoms with Crippen LogP contribution >= 0.6 is 0 Å². The van der Waals surface area contributed by atoms with Gasteiger partial charge in [0.25, 0.3) is 5.91 Å². The van der Waals surface area contributed by atoms with Crippen LogP contribution in [0.15, 0.2) is 58.5 Å². The zero-order chi connectivity index (χ0) is 19.4. The number of carbonyl (C=O) groups is 1. The van der Waals surface area contributed by atoms with Crippen molar-refractivity contribution in [2.75, 3.05) is 18.0 Å². The van der Waals surface area contributed by atoms with Gasteiger partial charge in [-0.05, 0) is 55.0 Å². The fourth-order valence-electron chi connectivity index (χ4n) is 3.06. The molecule has 5 heteroatoms. The van der Waals surface area contributed by atoms with Crippen molar-refractivity contribution in [1.82, 2.24) is 0 Å². The minimum atomic E-state index is -0.773. The number of benzene rings is 2. The molecule has 0 saturated heterocycles. The lowest BCUT2D eigenvalue weighted by Gasteiger charge is -2.21. The van der Waals surface area contributed by atoms with Gasteiger partial charge in [0.1, 0.15) is 23.2 Å². The molecule has 3 aromatic rings. The monoisotopic (exact) mass is 359 g/mol. The summed E-state index contributed by atoms with van der Waals surface area (Å²) < 4.78 is 5.75. The molecule has 2 aromatic carbocycles. The maximum atomic E-state index is 11.2. The highest BCUT2D eigenvalue weighted by molar-refractivity contribution is 6.00. The van der Waals surface area contributed by atoms with Crippen LogP contribution < -0.4 is 10.6 Å². The Morgan fingerprint density at radius 3 is 2.48 bits per heavy atom. The summed E-state index contributed by atoms with van der Waals surface area (Å²) >= 11 is 0. The number of nitrogens with zero attached hydrogens (tertiary/aromatic N) is 2. The first kappa shape index (κ1) is 18.3. The summed E-state index contributed by atoms with van der Waals surface area (Å²) in [6.45, 7) is 6.24. The van der Waals surface area contributed by atoms with Gasteiger partial charge in [-0.1, -0.05) is 18.2 Å². The van der Waals surface area contributed by atoms with Crippen molar-refractivity contribution in [3.8, 4) is 17.4 Å². The fraction of sp³-hybridized carbons (Fsp3) is 0.182. The molecule has 1 amide bonds. The molecule has 0 aliphatic rings. The van der Waals surface area contributed by atoms with Gasteiger partial charge in [-0.2, -0.15) is 5.26 Å². The van der Waals surface area contributed by atoms with E-state index in [1.54, 1.807) is 12.1 Å². The number of primary amides is 1. The van der Waals surface area contributed by atoms with Gasteiger partial charge in [0, 0.05) is 30.4 Å². The average Bonchev–Trinajstić information content (AvgIpc) is 3.15. The van der Waals surface area contributed by atoms with Crippen molar-refractivity contribution in [2.45, 2.75) is 13.8 Å². The van der Waals surface area contributed by atoms with Gasteiger partial charge >= 0.3 is 0 Å². The van der Waals surface area contributed by atoms with E-state index in [1.807, 2.05) is 12.1 Å². The number of nitriles is 1. The largest absolute Gasteiger partial charge is 0.457 e. The minimum Gasteiger partial charge on any atom is -0.457 e. The SMILES string of the molecule is CCN(CC)c1ccc2cc(-c3ccc(/C=C(\C#N)C(N)=O)o3)ccc2c1. The van der Waals surface area contributed by atoms with Gasteiger partial charge in [0.05, 0.1) is 0 Å². The summed E-state index contributed by atoms with van der Waals surface area (Å²) in [5.41, 5.74) is 7.15. The number of hydrogen-bond donors (Lipinski definition) is 1. The third-order valence-corrected chi connectivity index (χ3v) is 4.54. The fourth-order valence-corrected chi connectivity index (χ4v) is 3.06. The van der Waals surface area contributed by atoms with Crippen molar-refractivity contribution in [3.63, 3.8) is 0 Å². The Labute approximate surface area is 158 Å². The van der Waals surface area contributed by atoms with E-state index in [4.69, 9.17) is 15.4 Å². The third-order valence-electron chi connectivity index (χ3n) is 4.54. The standard InChI is InChI=1S/C22H21N3O2/c1-3-25(4-2)19-8-7-15-11-17(6-5-16(15)12-19)21-10-9-20(27-21)13-18(14-23)22(24)26/h5-13H,3-4H2,1-2H3,(H2,24,26)/b18-13+. The Hall–Kier alpha value is -3.52. The van der Waals surface area contributed by atoms with Crippen LogP contribution in [0.4, 0.5) is 5.69 Å². The van der Waals surface area contributed by atoms with Gasteiger partial charge in [-0.15, -0.1) is 0 Å². The lowest BCUT2D eigenvalue weighted by atomic mass is 10.0. The quantitative estimate of drug-likeness (QED) is 0.524. The highest BCUT2D eigenvalue weighted by Gasteiger charge is 2.09. The van der Waals surface area contributed by atoms with E-state index in [0.29, 0.717) is 11.5 Å². The summed E-state index contributed by atoms with van der Waals surface area (Å²) in [5, 5.41) is 11.2. The van der Waals surface area contributed by atoms with E-state index in [-0.39, 0.29) is 5.57 Å². The molecule has 0 aliphatic carbocycles. The second kappa shape index (κ2) is 7.79.